The second kappa shape index (κ2) is 12.8. The van der Waals surface area contributed by atoms with E-state index in [4.69, 9.17) is 9.47 Å². The van der Waals surface area contributed by atoms with E-state index in [9.17, 15) is 4.79 Å². The number of hydrogen-bond acceptors (Lipinski definition) is 5. The number of ether oxygens (including phenoxy) is 2. The van der Waals surface area contributed by atoms with Gasteiger partial charge in [0.15, 0.2) is 5.60 Å². The second-order valence-corrected chi connectivity index (χ2v) is 12.2. The molecule has 0 saturated heterocycles. The molecule has 1 spiro atoms. The molecule has 0 amide bonds. The van der Waals surface area contributed by atoms with Crippen LogP contribution < -0.4 is 15.0 Å². The van der Waals surface area contributed by atoms with E-state index in [0.717, 1.165) is 90.3 Å². The third kappa shape index (κ3) is 5.45. The topological polar surface area (TPSA) is 50.8 Å². The van der Waals surface area contributed by atoms with Crippen LogP contribution >= 0.6 is 0 Å². The Labute approximate surface area is 262 Å². The summed E-state index contributed by atoms with van der Waals surface area (Å²) in [6.07, 6.45) is 8.03. The van der Waals surface area contributed by atoms with Crippen molar-refractivity contribution in [3.8, 4) is 11.5 Å². The highest BCUT2D eigenvalue weighted by atomic mass is 16.6. The quantitative estimate of drug-likeness (QED) is 0.167. The fourth-order valence-corrected chi connectivity index (χ4v) is 6.50. The number of rotatable bonds is 12. The Balaban J connectivity index is 1.44. The fraction of sp³-hybridized carbons (Fsp3) is 0.359. The molecule has 0 saturated carbocycles. The molecule has 2 aliphatic heterocycles. The van der Waals surface area contributed by atoms with Crippen LogP contribution in [0.25, 0.3) is 0 Å². The van der Waals surface area contributed by atoms with E-state index in [-0.39, 0.29) is 5.97 Å². The van der Waals surface area contributed by atoms with E-state index in [1.165, 1.54) is 18.4 Å². The molecular weight excluding hydrogens is 544 g/mol. The van der Waals surface area contributed by atoms with Crippen molar-refractivity contribution in [2.75, 3.05) is 23.3 Å². The number of nitrogens with zero attached hydrogens (tertiary/aromatic N) is 1. The monoisotopic (exact) mass is 588 g/mol. The summed E-state index contributed by atoms with van der Waals surface area (Å²) >= 11 is 0. The van der Waals surface area contributed by atoms with Crippen LogP contribution in [0.15, 0.2) is 78.9 Å². The number of esters is 1. The molecule has 1 N–H and O–H groups in total. The molecule has 1 unspecified atom stereocenters. The molecule has 4 aromatic rings. The first-order chi connectivity index (χ1) is 21.5. The van der Waals surface area contributed by atoms with Crippen LogP contribution in [0.5, 0.6) is 11.5 Å². The van der Waals surface area contributed by atoms with Gasteiger partial charge < -0.3 is 19.7 Å². The Kier molecular flexibility index (Phi) is 8.65. The number of hydrogen-bond donors (Lipinski definition) is 1. The minimum Gasteiger partial charge on any atom is -0.456 e. The number of aryl methyl sites for hydroxylation is 2. The van der Waals surface area contributed by atoms with Gasteiger partial charge in [0.25, 0.3) is 0 Å². The summed E-state index contributed by atoms with van der Waals surface area (Å²) in [4.78, 5) is 15.9. The number of nitrogens with one attached hydrogen (secondary N) is 1. The zero-order chi connectivity index (χ0) is 30.7. The third-order valence-electron chi connectivity index (χ3n) is 9.02. The summed E-state index contributed by atoms with van der Waals surface area (Å²) in [5, 5.41) is 3.63. The van der Waals surface area contributed by atoms with Gasteiger partial charge in [-0.05, 0) is 86.2 Å². The van der Waals surface area contributed by atoms with Gasteiger partial charge in [-0.2, -0.15) is 0 Å². The highest BCUT2D eigenvalue weighted by molar-refractivity contribution is 5.97. The van der Waals surface area contributed by atoms with E-state index in [1.54, 1.807) is 0 Å². The molecule has 4 aromatic carbocycles. The Morgan fingerprint density at radius 3 is 2.18 bits per heavy atom. The molecule has 0 aliphatic carbocycles. The van der Waals surface area contributed by atoms with Crippen molar-refractivity contribution in [2.24, 2.45) is 0 Å². The second-order valence-electron chi connectivity index (χ2n) is 12.2. The number of carbonyl (C=O) groups excluding carboxylic acids is 1. The van der Waals surface area contributed by atoms with Crippen LogP contribution in [-0.4, -0.2) is 19.1 Å². The summed E-state index contributed by atoms with van der Waals surface area (Å²) in [6.45, 7) is 10.8. The lowest BCUT2D eigenvalue weighted by molar-refractivity contribution is 0.0224. The predicted octanol–water partition coefficient (Wildman–Crippen LogP) is 10.1. The minimum absolute atomic E-state index is 0.311. The molecule has 0 radical (unpaired) electrons. The van der Waals surface area contributed by atoms with Crippen molar-refractivity contribution in [2.45, 2.75) is 78.2 Å². The van der Waals surface area contributed by atoms with Gasteiger partial charge in [0, 0.05) is 52.9 Å². The molecule has 1 atom stereocenters. The zero-order valence-corrected chi connectivity index (χ0v) is 26.5. The molecule has 6 rings (SSSR count). The average Bonchev–Trinajstić information content (AvgIpc) is 3.34. The lowest BCUT2D eigenvalue weighted by Gasteiger charge is -2.38. The zero-order valence-electron chi connectivity index (χ0n) is 26.5. The Bertz CT molecular complexity index is 1640. The van der Waals surface area contributed by atoms with Gasteiger partial charge in [-0.15, -0.1) is 0 Å². The minimum atomic E-state index is -1.10. The van der Waals surface area contributed by atoms with Crippen LogP contribution in [0.1, 0.15) is 97.5 Å². The summed E-state index contributed by atoms with van der Waals surface area (Å²) in [5.41, 5.74) is 7.56. The van der Waals surface area contributed by atoms with E-state index in [0.29, 0.717) is 11.3 Å². The molecule has 44 heavy (non-hydrogen) atoms. The Morgan fingerprint density at radius 2 is 1.45 bits per heavy atom. The van der Waals surface area contributed by atoms with Gasteiger partial charge >= 0.3 is 5.97 Å². The maximum atomic E-state index is 13.4. The van der Waals surface area contributed by atoms with Crippen molar-refractivity contribution in [3.63, 3.8) is 0 Å². The van der Waals surface area contributed by atoms with Gasteiger partial charge in [-0.3, -0.25) is 0 Å². The van der Waals surface area contributed by atoms with Gasteiger partial charge in [0.2, 0.25) is 0 Å². The van der Waals surface area contributed by atoms with Crippen molar-refractivity contribution >= 4 is 23.0 Å². The summed E-state index contributed by atoms with van der Waals surface area (Å²) in [7, 11) is 0. The van der Waals surface area contributed by atoms with E-state index < -0.39 is 5.60 Å². The smallest absolute Gasteiger partial charge is 0.340 e. The summed E-state index contributed by atoms with van der Waals surface area (Å²) in [5.74, 6) is 1.14. The third-order valence-corrected chi connectivity index (χ3v) is 9.02. The SMILES string of the molecule is CCCCc1ccc(Nc2cc3c(cc2C)Oc2cc(N(CCCC)CCCC)ccc2C32OC(=O)c3ccccc32)cc1. The van der Waals surface area contributed by atoms with Gasteiger partial charge in [0.05, 0.1) is 5.56 Å². The average molecular weight is 589 g/mol. The van der Waals surface area contributed by atoms with Crippen molar-refractivity contribution < 1.29 is 14.3 Å². The van der Waals surface area contributed by atoms with E-state index in [1.807, 2.05) is 24.3 Å². The predicted molar refractivity (Wildman–Crippen MR) is 180 cm³/mol. The normalized spacial score (nSPS) is 16.1. The lowest BCUT2D eigenvalue weighted by Crippen LogP contribution is -2.33. The highest BCUT2D eigenvalue weighted by Crippen LogP contribution is 2.57. The molecule has 5 heteroatoms. The molecule has 2 aliphatic rings. The van der Waals surface area contributed by atoms with Crippen LogP contribution in [0.4, 0.5) is 17.1 Å². The number of anilines is 3. The Hall–Kier alpha value is -4.25. The van der Waals surface area contributed by atoms with Crippen LogP contribution in [0, 0.1) is 6.92 Å². The first-order valence-corrected chi connectivity index (χ1v) is 16.4. The first kappa shape index (κ1) is 29.8. The summed E-state index contributed by atoms with van der Waals surface area (Å²) < 4.78 is 13.2. The number of benzene rings is 4. The molecular formula is C39H44N2O3. The van der Waals surface area contributed by atoms with Gasteiger partial charge in [0.1, 0.15) is 11.5 Å². The first-order valence-electron chi connectivity index (χ1n) is 16.4. The fourth-order valence-electron chi connectivity index (χ4n) is 6.50. The Morgan fingerprint density at radius 1 is 0.750 bits per heavy atom. The highest BCUT2D eigenvalue weighted by Gasteiger charge is 2.53. The maximum Gasteiger partial charge on any atom is 0.340 e. The van der Waals surface area contributed by atoms with Crippen molar-refractivity contribution in [1.29, 1.82) is 0 Å². The molecule has 0 fully saturated rings. The maximum absolute atomic E-state index is 13.4. The lowest BCUT2D eigenvalue weighted by atomic mass is 9.77. The van der Waals surface area contributed by atoms with Crippen molar-refractivity contribution in [3.05, 3.63) is 112 Å². The van der Waals surface area contributed by atoms with Crippen LogP contribution in [0.2, 0.25) is 0 Å². The van der Waals surface area contributed by atoms with Crippen LogP contribution in [-0.2, 0) is 16.8 Å². The number of unbranched alkanes of at least 4 members (excludes halogenated alkanes) is 3. The standard InChI is InChI=1S/C39H44N2O3/c1-5-8-13-28-16-18-29(19-17-28)40-35-26-34-36(24-27(35)4)43-37-25-30(41(22-9-6-2)23-10-7-3)20-21-33(37)39(34)32-15-12-11-14-31(32)38(42)44-39/h11-12,14-21,24-26,40H,5-10,13,22-23H2,1-4H3. The molecule has 5 nitrogen and oxygen atoms in total. The van der Waals surface area contributed by atoms with Gasteiger partial charge in [-0.1, -0.05) is 70.4 Å². The van der Waals surface area contributed by atoms with Crippen molar-refractivity contribution in [1.82, 2.24) is 0 Å². The summed E-state index contributed by atoms with van der Waals surface area (Å²) in [6, 6.07) is 27.0. The number of carbonyl (C=O) groups is 1. The van der Waals surface area contributed by atoms with E-state index in [2.05, 4.69) is 92.5 Å². The molecule has 0 aromatic heterocycles. The number of fused-ring (bicyclic) bond motifs is 6. The largest absolute Gasteiger partial charge is 0.456 e. The van der Waals surface area contributed by atoms with E-state index >= 15 is 0 Å². The molecule has 2 heterocycles. The van der Waals surface area contributed by atoms with Crippen LogP contribution in [0.3, 0.4) is 0 Å². The van der Waals surface area contributed by atoms with Gasteiger partial charge in [-0.25, -0.2) is 4.79 Å². The molecule has 0 bridgehead atoms. The molecule has 228 valence electrons.